The number of aromatic nitrogens is 3. The molecule has 0 aromatic carbocycles. The Morgan fingerprint density at radius 3 is 2.96 bits per heavy atom. The van der Waals surface area contributed by atoms with E-state index in [1.807, 2.05) is 4.68 Å². The van der Waals surface area contributed by atoms with Gasteiger partial charge in [0.05, 0.1) is 24.7 Å². The van der Waals surface area contributed by atoms with Crippen molar-refractivity contribution < 1.29 is 9.53 Å². The third-order valence-corrected chi connectivity index (χ3v) is 6.29. The average molecular weight is 331 g/mol. The number of morpholine rings is 1. The van der Waals surface area contributed by atoms with Crippen molar-refractivity contribution in [1.82, 2.24) is 25.0 Å². The summed E-state index contributed by atoms with van der Waals surface area (Å²) in [5, 5.41) is 7.92. The number of carbonyl (C=O) groups is 1. The fourth-order valence-electron chi connectivity index (χ4n) is 5.18. The molecule has 0 radical (unpaired) electrons. The van der Waals surface area contributed by atoms with Crippen LogP contribution in [0.15, 0.2) is 6.33 Å². The molecule has 0 aliphatic carbocycles. The second-order valence-electron chi connectivity index (χ2n) is 7.93. The zero-order valence-corrected chi connectivity index (χ0v) is 14.0. The number of fused-ring (bicyclic) bond motifs is 3. The largest absolute Gasteiger partial charge is 0.371 e. The van der Waals surface area contributed by atoms with Gasteiger partial charge >= 0.3 is 0 Å². The Morgan fingerprint density at radius 1 is 1.29 bits per heavy atom. The molecular weight excluding hydrogens is 306 g/mol. The van der Waals surface area contributed by atoms with E-state index in [0.717, 1.165) is 44.6 Å². The first kappa shape index (κ1) is 14.8. The topological polar surface area (TPSA) is 72.3 Å². The van der Waals surface area contributed by atoms with Gasteiger partial charge in [-0.25, -0.2) is 9.67 Å². The molecule has 1 N–H and O–H groups in total. The molecule has 7 heteroatoms. The molecule has 4 aliphatic heterocycles. The Kier molecular flexibility index (Phi) is 3.42. The molecule has 5 heterocycles. The van der Waals surface area contributed by atoms with E-state index in [0.29, 0.717) is 25.2 Å². The number of hydrogen-bond acceptors (Lipinski definition) is 5. The minimum atomic E-state index is -0.113. The standard InChI is InChI=1S/C17H25N5O2/c23-16(12-1-4-15-18-11-19-22(15)9-12)21-5-6-24-17(10-21)7-13-2-3-14(8-17)20-13/h11-14,20H,1-10H2/t12?,13-,14+,17?. The smallest absolute Gasteiger partial charge is 0.227 e. The summed E-state index contributed by atoms with van der Waals surface area (Å²) in [4.78, 5) is 19.4. The van der Waals surface area contributed by atoms with Crippen LogP contribution in [-0.2, 0) is 22.5 Å². The summed E-state index contributed by atoms with van der Waals surface area (Å²) < 4.78 is 8.13. The van der Waals surface area contributed by atoms with Crippen molar-refractivity contribution in [2.75, 3.05) is 19.7 Å². The van der Waals surface area contributed by atoms with Crippen LogP contribution in [0.1, 0.15) is 37.9 Å². The predicted molar refractivity (Wildman–Crippen MR) is 86.3 cm³/mol. The van der Waals surface area contributed by atoms with Crippen molar-refractivity contribution in [3.8, 4) is 0 Å². The summed E-state index contributed by atoms with van der Waals surface area (Å²) >= 11 is 0. The Hall–Kier alpha value is -1.47. The van der Waals surface area contributed by atoms with Crippen LogP contribution in [0.25, 0.3) is 0 Å². The molecule has 7 nitrogen and oxygen atoms in total. The van der Waals surface area contributed by atoms with Crippen LogP contribution in [0.5, 0.6) is 0 Å². The number of carbonyl (C=O) groups excluding carboxylic acids is 1. The van der Waals surface area contributed by atoms with Gasteiger partial charge in [0.25, 0.3) is 0 Å². The third-order valence-electron chi connectivity index (χ3n) is 6.29. The molecule has 0 saturated carbocycles. The molecule has 3 saturated heterocycles. The maximum atomic E-state index is 13.1. The van der Waals surface area contributed by atoms with Gasteiger partial charge in [-0.05, 0) is 32.1 Å². The van der Waals surface area contributed by atoms with Gasteiger partial charge in [-0.2, -0.15) is 5.10 Å². The van der Waals surface area contributed by atoms with E-state index in [4.69, 9.17) is 4.74 Å². The minimum absolute atomic E-state index is 0.0350. The summed E-state index contributed by atoms with van der Waals surface area (Å²) in [6, 6.07) is 1.15. The maximum absolute atomic E-state index is 13.1. The van der Waals surface area contributed by atoms with Gasteiger partial charge in [0.1, 0.15) is 12.2 Å². The van der Waals surface area contributed by atoms with E-state index in [-0.39, 0.29) is 17.4 Å². The Morgan fingerprint density at radius 2 is 2.12 bits per heavy atom. The van der Waals surface area contributed by atoms with E-state index in [2.05, 4.69) is 20.3 Å². The summed E-state index contributed by atoms with van der Waals surface area (Å²) in [5.41, 5.74) is -0.113. The molecule has 2 unspecified atom stereocenters. The van der Waals surface area contributed by atoms with E-state index < -0.39 is 0 Å². The molecule has 1 amide bonds. The number of amides is 1. The predicted octanol–water partition coefficient (Wildman–Crippen LogP) is 0.353. The van der Waals surface area contributed by atoms with Crippen LogP contribution in [0.4, 0.5) is 0 Å². The zero-order chi connectivity index (χ0) is 16.1. The van der Waals surface area contributed by atoms with Gasteiger partial charge in [0, 0.05) is 31.6 Å². The molecular formula is C17H25N5O2. The first-order valence-corrected chi connectivity index (χ1v) is 9.26. The number of hydrogen-bond donors (Lipinski definition) is 1. The minimum Gasteiger partial charge on any atom is -0.371 e. The molecule has 4 aliphatic rings. The van der Waals surface area contributed by atoms with E-state index in [1.165, 1.54) is 12.8 Å². The number of aryl methyl sites for hydroxylation is 1. The lowest BCUT2D eigenvalue weighted by atomic mass is 9.85. The quantitative estimate of drug-likeness (QED) is 0.804. The highest BCUT2D eigenvalue weighted by atomic mass is 16.5. The lowest BCUT2D eigenvalue weighted by Crippen LogP contribution is -2.60. The van der Waals surface area contributed by atoms with Gasteiger partial charge in [-0.1, -0.05) is 0 Å². The van der Waals surface area contributed by atoms with Crippen LogP contribution in [0.2, 0.25) is 0 Å². The van der Waals surface area contributed by atoms with Gasteiger partial charge in [0.2, 0.25) is 5.91 Å². The van der Waals surface area contributed by atoms with E-state index >= 15 is 0 Å². The second-order valence-corrected chi connectivity index (χ2v) is 7.93. The molecule has 1 spiro atoms. The first-order valence-electron chi connectivity index (χ1n) is 9.26. The van der Waals surface area contributed by atoms with Gasteiger partial charge in [-0.15, -0.1) is 0 Å². The molecule has 3 fully saturated rings. The molecule has 5 rings (SSSR count). The van der Waals surface area contributed by atoms with E-state index in [9.17, 15) is 4.79 Å². The summed E-state index contributed by atoms with van der Waals surface area (Å²) in [6.45, 7) is 2.84. The molecule has 1 aromatic heterocycles. The highest BCUT2D eigenvalue weighted by molar-refractivity contribution is 5.79. The second kappa shape index (κ2) is 5.52. The van der Waals surface area contributed by atoms with Crippen molar-refractivity contribution in [1.29, 1.82) is 0 Å². The molecule has 2 bridgehead atoms. The number of nitrogens with one attached hydrogen (secondary N) is 1. The van der Waals surface area contributed by atoms with Crippen molar-refractivity contribution in [2.45, 2.75) is 62.8 Å². The first-order chi connectivity index (χ1) is 11.7. The lowest BCUT2D eigenvalue weighted by molar-refractivity contribution is -0.162. The molecule has 1 aromatic rings. The maximum Gasteiger partial charge on any atom is 0.227 e. The highest BCUT2D eigenvalue weighted by Crippen LogP contribution is 2.39. The fourth-order valence-corrected chi connectivity index (χ4v) is 5.18. The van der Waals surface area contributed by atoms with Crippen LogP contribution in [0.3, 0.4) is 0 Å². The van der Waals surface area contributed by atoms with Crippen molar-refractivity contribution in [2.24, 2.45) is 5.92 Å². The van der Waals surface area contributed by atoms with Crippen LogP contribution < -0.4 is 5.32 Å². The Labute approximate surface area is 141 Å². The number of ether oxygens (including phenoxy) is 1. The Bertz CT molecular complexity index is 633. The molecule has 4 atom stereocenters. The van der Waals surface area contributed by atoms with Gasteiger partial charge in [0.15, 0.2) is 0 Å². The third kappa shape index (κ3) is 2.45. The summed E-state index contributed by atoms with van der Waals surface area (Å²) in [6.07, 6.45) is 7.92. The highest BCUT2D eigenvalue weighted by Gasteiger charge is 2.48. The zero-order valence-electron chi connectivity index (χ0n) is 14.0. The fraction of sp³-hybridized carbons (Fsp3) is 0.824. The number of nitrogens with zero attached hydrogens (tertiary/aromatic N) is 4. The number of piperidine rings is 1. The van der Waals surface area contributed by atoms with Crippen LogP contribution in [0, 0.1) is 5.92 Å². The van der Waals surface area contributed by atoms with Crippen molar-refractivity contribution in [3.05, 3.63) is 12.2 Å². The van der Waals surface area contributed by atoms with Crippen molar-refractivity contribution in [3.63, 3.8) is 0 Å². The molecule has 130 valence electrons. The van der Waals surface area contributed by atoms with Crippen LogP contribution >= 0.6 is 0 Å². The average Bonchev–Trinajstić information content (AvgIpc) is 3.19. The normalized spacial score (nSPS) is 38.3. The monoisotopic (exact) mass is 331 g/mol. The SMILES string of the molecule is O=C(C1CCc2ncnn2C1)N1CCOC2(C[C@H]3CC[C@@H](C2)N3)C1. The number of rotatable bonds is 1. The summed E-state index contributed by atoms with van der Waals surface area (Å²) in [5.74, 6) is 1.32. The van der Waals surface area contributed by atoms with Gasteiger partial charge in [-0.3, -0.25) is 4.79 Å². The van der Waals surface area contributed by atoms with Crippen molar-refractivity contribution >= 4 is 5.91 Å². The Balaban J connectivity index is 1.29. The summed E-state index contributed by atoms with van der Waals surface area (Å²) in [7, 11) is 0. The lowest BCUT2D eigenvalue weighted by Gasteiger charge is -2.48. The molecule has 24 heavy (non-hydrogen) atoms. The van der Waals surface area contributed by atoms with Crippen LogP contribution in [-0.4, -0.2) is 63.0 Å². The van der Waals surface area contributed by atoms with E-state index in [1.54, 1.807) is 6.33 Å². The van der Waals surface area contributed by atoms with Gasteiger partial charge < -0.3 is 15.0 Å².